The number of anilines is 1. The van der Waals surface area contributed by atoms with Gasteiger partial charge in [0.25, 0.3) is 9.05 Å². The van der Waals surface area contributed by atoms with E-state index in [0.717, 1.165) is 0 Å². The van der Waals surface area contributed by atoms with E-state index < -0.39 is 33.9 Å². The molecule has 0 spiro atoms. The molecule has 11 heteroatoms. The Morgan fingerprint density at radius 2 is 1.78 bits per heavy atom. The minimum absolute atomic E-state index is 0.0318. The Labute approximate surface area is 134 Å². The number of amides is 1. The first-order chi connectivity index (χ1) is 10.5. The van der Waals surface area contributed by atoms with Gasteiger partial charge < -0.3 is 14.9 Å². The number of alkyl halides is 3. The number of aliphatic hydroxyl groups excluding tert-OH is 1. The van der Waals surface area contributed by atoms with Crippen molar-refractivity contribution in [2.75, 3.05) is 24.5 Å². The molecule has 1 fully saturated rings. The summed E-state index contributed by atoms with van der Waals surface area (Å²) in [5.41, 5.74) is 0.403. The van der Waals surface area contributed by atoms with Crippen LogP contribution >= 0.6 is 10.7 Å². The molecule has 1 unspecified atom stereocenters. The van der Waals surface area contributed by atoms with Crippen LogP contribution in [0.5, 0.6) is 0 Å². The number of rotatable bonds is 2. The highest BCUT2D eigenvalue weighted by Crippen LogP contribution is 2.25. The van der Waals surface area contributed by atoms with Gasteiger partial charge in [-0.05, 0) is 24.3 Å². The van der Waals surface area contributed by atoms with Gasteiger partial charge in [-0.25, -0.2) is 8.42 Å². The van der Waals surface area contributed by atoms with Crippen molar-refractivity contribution in [1.29, 1.82) is 0 Å². The van der Waals surface area contributed by atoms with Crippen LogP contribution in [0.25, 0.3) is 0 Å². The second-order valence-corrected chi connectivity index (χ2v) is 7.42. The standard InChI is InChI=1S/C12H12ClF3N2O4S/c13-23(21,22)9-3-1-8(2-4-9)18-6-5-17(7-10(18)19)11(20)12(14,15)16/h1-4,10,19H,5-7H2. The predicted octanol–water partition coefficient (Wildman–Crippen LogP) is 1.14. The van der Waals surface area contributed by atoms with E-state index in [1.807, 2.05) is 0 Å². The summed E-state index contributed by atoms with van der Waals surface area (Å²) in [6.45, 7) is -0.755. The number of benzene rings is 1. The topological polar surface area (TPSA) is 77.9 Å². The molecule has 1 aromatic carbocycles. The molecule has 0 aliphatic carbocycles. The summed E-state index contributed by atoms with van der Waals surface area (Å²) in [4.78, 5) is 12.9. The van der Waals surface area contributed by atoms with Crippen LogP contribution in [0.15, 0.2) is 29.2 Å². The third-order valence-electron chi connectivity index (χ3n) is 3.33. The van der Waals surface area contributed by atoms with E-state index in [9.17, 15) is 31.5 Å². The average Bonchev–Trinajstić information content (AvgIpc) is 2.44. The smallest absolute Gasteiger partial charge is 0.372 e. The van der Waals surface area contributed by atoms with Crippen molar-refractivity contribution in [2.45, 2.75) is 17.3 Å². The van der Waals surface area contributed by atoms with Gasteiger partial charge in [-0.2, -0.15) is 13.2 Å². The molecule has 1 aromatic rings. The molecule has 0 saturated carbocycles. The van der Waals surface area contributed by atoms with Crippen LogP contribution in [-0.2, 0) is 13.8 Å². The maximum Gasteiger partial charge on any atom is 0.471 e. The van der Waals surface area contributed by atoms with Crippen LogP contribution in [0.4, 0.5) is 18.9 Å². The van der Waals surface area contributed by atoms with Crippen LogP contribution in [0.2, 0.25) is 0 Å². The number of nitrogens with zero attached hydrogens (tertiary/aromatic N) is 2. The average molecular weight is 373 g/mol. The lowest BCUT2D eigenvalue weighted by Gasteiger charge is -2.40. The molecule has 0 aromatic heterocycles. The summed E-state index contributed by atoms with van der Waals surface area (Å²) >= 11 is 0. The molecule has 2 rings (SSSR count). The Morgan fingerprint density at radius 3 is 2.22 bits per heavy atom. The molecule has 1 heterocycles. The number of piperazine rings is 1. The van der Waals surface area contributed by atoms with E-state index in [2.05, 4.69) is 0 Å². The summed E-state index contributed by atoms with van der Waals surface area (Å²) in [7, 11) is 1.29. The van der Waals surface area contributed by atoms with Gasteiger partial charge in [0.15, 0.2) is 0 Å². The highest BCUT2D eigenvalue weighted by Gasteiger charge is 2.44. The maximum absolute atomic E-state index is 12.4. The Balaban J connectivity index is 2.11. The highest BCUT2D eigenvalue weighted by atomic mass is 35.7. The van der Waals surface area contributed by atoms with Crippen molar-refractivity contribution in [3.05, 3.63) is 24.3 Å². The van der Waals surface area contributed by atoms with E-state index in [1.165, 1.54) is 29.2 Å². The van der Waals surface area contributed by atoms with Crippen LogP contribution < -0.4 is 4.90 Å². The third kappa shape index (κ3) is 4.06. The fourth-order valence-corrected chi connectivity index (χ4v) is 3.00. The van der Waals surface area contributed by atoms with Crippen LogP contribution in [0, 0.1) is 0 Å². The van der Waals surface area contributed by atoms with Gasteiger partial charge in [-0.1, -0.05) is 0 Å². The summed E-state index contributed by atoms with van der Waals surface area (Å²) in [6, 6.07) is 5.19. The highest BCUT2D eigenvalue weighted by molar-refractivity contribution is 8.13. The molecule has 1 aliphatic heterocycles. The number of β-amino-alcohol motifs (C(OH)–C–C–N with tert-alkyl or cyclic N) is 1. The zero-order chi connectivity index (χ0) is 17.4. The molecule has 0 radical (unpaired) electrons. The molecule has 1 atom stereocenters. The van der Waals surface area contributed by atoms with Crippen molar-refractivity contribution < 1.29 is 31.5 Å². The molecule has 23 heavy (non-hydrogen) atoms. The SMILES string of the molecule is O=C(N1CCN(c2ccc(S(=O)(=O)Cl)cc2)C(O)C1)C(F)(F)F. The molecule has 1 aliphatic rings. The van der Waals surface area contributed by atoms with Gasteiger partial charge in [0.05, 0.1) is 11.4 Å². The fraction of sp³-hybridized carbons (Fsp3) is 0.417. The van der Waals surface area contributed by atoms with Crippen LogP contribution in [0.3, 0.4) is 0 Å². The van der Waals surface area contributed by atoms with Gasteiger partial charge in [-0.15, -0.1) is 0 Å². The quantitative estimate of drug-likeness (QED) is 0.788. The van der Waals surface area contributed by atoms with E-state index in [1.54, 1.807) is 0 Å². The minimum Gasteiger partial charge on any atom is -0.372 e. The lowest BCUT2D eigenvalue weighted by Crippen LogP contribution is -2.57. The van der Waals surface area contributed by atoms with Gasteiger partial charge in [-0.3, -0.25) is 4.79 Å². The molecule has 0 bridgehead atoms. The minimum atomic E-state index is -4.99. The Kier molecular flexibility index (Phi) is 4.79. The van der Waals surface area contributed by atoms with Crippen molar-refractivity contribution in [2.24, 2.45) is 0 Å². The number of aliphatic hydroxyl groups is 1. The molecule has 1 N–H and O–H groups in total. The second kappa shape index (κ2) is 6.17. The van der Waals surface area contributed by atoms with Gasteiger partial charge >= 0.3 is 12.1 Å². The number of carbonyl (C=O) groups is 1. The zero-order valence-electron chi connectivity index (χ0n) is 11.5. The van der Waals surface area contributed by atoms with E-state index in [4.69, 9.17) is 10.7 Å². The first-order valence-corrected chi connectivity index (χ1v) is 8.66. The Bertz CT molecular complexity index is 693. The number of hydrogen-bond donors (Lipinski definition) is 1. The van der Waals surface area contributed by atoms with E-state index in [0.29, 0.717) is 10.6 Å². The van der Waals surface area contributed by atoms with E-state index in [-0.39, 0.29) is 18.0 Å². The summed E-state index contributed by atoms with van der Waals surface area (Å²) in [5.74, 6) is -2.00. The normalized spacial score (nSPS) is 19.8. The van der Waals surface area contributed by atoms with Crippen molar-refractivity contribution in [1.82, 2.24) is 4.90 Å². The zero-order valence-corrected chi connectivity index (χ0v) is 13.1. The molecule has 128 valence electrons. The number of carbonyl (C=O) groups excluding carboxylic acids is 1. The van der Waals surface area contributed by atoms with Crippen LogP contribution in [0.1, 0.15) is 0 Å². The monoisotopic (exact) mass is 372 g/mol. The number of hydrogen-bond acceptors (Lipinski definition) is 5. The number of halogens is 4. The lowest BCUT2D eigenvalue weighted by atomic mass is 10.2. The first-order valence-electron chi connectivity index (χ1n) is 6.35. The van der Waals surface area contributed by atoms with Crippen molar-refractivity contribution in [3.8, 4) is 0 Å². The predicted molar refractivity (Wildman–Crippen MR) is 75.5 cm³/mol. The van der Waals surface area contributed by atoms with Gasteiger partial charge in [0, 0.05) is 29.5 Å². The fourth-order valence-electron chi connectivity index (χ4n) is 2.23. The van der Waals surface area contributed by atoms with E-state index >= 15 is 0 Å². The summed E-state index contributed by atoms with van der Waals surface area (Å²) in [5, 5.41) is 9.96. The van der Waals surface area contributed by atoms with Gasteiger partial charge in [0.2, 0.25) is 0 Å². The molecular formula is C12H12ClF3N2O4S. The van der Waals surface area contributed by atoms with Crippen LogP contribution in [-0.4, -0.2) is 56.4 Å². The largest absolute Gasteiger partial charge is 0.471 e. The molecule has 1 saturated heterocycles. The molecule has 6 nitrogen and oxygen atoms in total. The summed E-state index contributed by atoms with van der Waals surface area (Å²) in [6.07, 6.45) is -6.33. The first kappa shape index (κ1) is 17.8. The lowest BCUT2D eigenvalue weighted by molar-refractivity contribution is -0.187. The molecular weight excluding hydrogens is 361 g/mol. The maximum atomic E-state index is 12.4. The second-order valence-electron chi connectivity index (χ2n) is 4.85. The molecule has 1 amide bonds. The third-order valence-corrected chi connectivity index (χ3v) is 4.70. The Morgan fingerprint density at radius 1 is 1.22 bits per heavy atom. The Hall–Kier alpha value is -1.52. The summed E-state index contributed by atoms with van der Waals surface area (Å²) < 4.78 is 59.4. The van der Waals surface area contributed by atoms with Gasteiger partial charge in [0.1, 0.15) is 6.23 Å². The van der Waals surface area contributed by atoms with Crippen molar-refractivity contribution >= 4 is 31.3 Å². The van der Waals surface area contributed by atoms with Crippen molar-refractivity contribution in [3.63, 3.8) is 0 Å².